The van der Waals surface area contributed by atoms with E-state index < -0.39 is 5.60 Å². The lowest BCUT2D eigenvalue weighted by Gasteiger charge is -2.45. The number of aliphatic hydroxyl groups is 1. The quantitative estimate of drug-likeness (QED) is 0.833. The third kappa shape index (κ3) is 3.38. The third-order valence-electron chi connectivity index (χ3n) is 4.52. The highest BCUT2D eigenvalue weighted by molar-refractivity contribution is 9.10. The van der Waals surface area contributed by atoms with Crippen molar-refractivity contribution in [3.63, 3.8) is 0 Å². The van der Waals surface area contributed by atoms with E-state index in [0.29, 0.717) is 12.0 Å². The molecule has 0 amide bonds. The van der Waals surface area contributed by atoms with Crippen LogP contribution in [0.3, 0.4) is 0 Å². The molecule has 1 aromatic rings. The van der Waals surface area contributed by atoms with Gasteiger partial charge in [0.25, 0.3) is 0 Å². The van der Waals surface area contributed by atoms with Gasteiger partial charge in [-0.2, -0.15) is 0 Å². The van der Waals surface area contributed by atoms with Crippen LogP contribution in [0, 0.1) is 17.2 Å². The smallest absolute Gasteiger partial charge is 0.127 e. The van der Waals surface area contributed by atoms with E-state index in [0.717, 1.165) is 23.7 Å². The SMILES string of the molecule is CC1CC(C)(C)CCC1(O)Cc1ccc(Br)cc1F. The first-order chi connectivity index (χ1) is 8.72. The normalized spacial score (nSPS) is 30.3. The van der Waals surface area contributed by atoms with Crippen molar-refractivity contribution in [3.05, 3.63) is 34.1 Å². The molecule has 1 nitrogen and oxygen atoms in total. The van der Waals surface area contributed by atoms with E-state index in [4.69, 9.17) is 0 Å². The molecule has 3 heteroatoms. The van der Waals surface area contributed by atoms with Gasteiger partial charge < -0.3 is 5.11 Å². The number of halogens is 2. The second kappa shape index (κ2) is 5.17. The Morgan fingerprint density at radius 3 is 2.63 bits per heavy atom. The summed E-state index contributed by atoms with van der Waals surface area (Å²) in [5.41, 5.74) is 0.117. The van der Waals surface area contributed by atoms with Crippen LogP contribution in [0.2, 0.25) is 0 Å². The molecule has 0 aromatic heterocycles. The average molecular weight is 329 g/mol. The van der Waals surface area contributed by atoms with Gasteiger partial charge in [-0.15, -0.1) is 0 Å². The predicted octanol–water partition coefficient (Wildman–Crippen LogP) is 4.71. The van der Waals surface area contributed by atoms with Gasteiger partial charge in [0.15, 0.2) is 0 Å². The zero-order chi connectivity index (χ0) is 14.3. The van der Waals surface area contributed by atoms with Crippen LogP contribution in [0.4, 0.5) is 4.39 Å². The molecule has 0 heterocycles. The lowest BCUT2D eigenvalue weighted by molar-refractivity contribution is -0.0708. The third-order valence-corrected chi connectivity index (χ3v) is 5.02. The standard InChI is InChI=1S/C16H22BrFO/c1-11-9-15(2,3)6-7-16(11,19)10-12-4-5-13(17)8-14(12)18/h4-5,8,11,19H,6-7,9-10H2,1-3H3. The Labute approximate surface area is 123 Å². The summed E-state index contributed by atoms with van der Waals surface area (Å²) >= 11 is 3.26. The zero-order valence-corrected chi connectivity index (χ0v) is 13.4. The Bertz CT molecular complexity index is 472. The fourth-order valence-corrected chi connectivity index (χ4v) is 3.51. The van der Waals surface area contributed by atoms with Crippen molar-refractivity contribution in [2.24, 2.45) is 11.3 Å². The van der Waals surface area contributed by atoms with E-state index >= 15 is 0 Å². The van der Waals surface area contributed by atoms with E-state index in [1.165, 1.54) is 6.07 Å². The second-order valence-electron chi connectivity index (χ2n) is 6.79. The average Bonchev–Trinajstić information content (AvgIpc) is 2.28. The molecule has 0 radical (unpaired) electrons. The highest BCUT2D eigenvalue weighted by atomic mass is 79.9. The minimum Gasteiger partial charge on any atom is -0.389 e. The van der Waals surface area contributed by atoms with E-state index in [2.05, 4.69) is 36.7 Å². The van der Waals surface area contributed by atoms with E-state index in [1.807, 2.05) is 6.07 Å². The first kappa shape index (κ1) is 15.0. The van der Waals surface area contributed by atoms with Crippen LogP contribution in [0.1, 0.15) is 45.6 Å². The van der Waals surface area contributed by atoms with Gasteiger partial charge in [0.1, 0.15) is 5.82 Å². The van der Waals surface area contributed by atoms with Crippen LogP contribution in [0.25, 0.3) is 0 Å². The zero-order valence-electron chi connectivity index (χ0n) is 11.8. The van der Waals surface area contributed by atoms with Crippen LogP contribution in [-0.2, 0) is 6.42 Å². The Morgan fingerprint density at radius 2 is 2.05 bits per heavy atom. The molecule has 1 aliphatic rings. The van der Waals surface area contributed by atoms with Crippen molar-refractivity contribution >= 4 is 15.9 Å². The van der Waals surface area contributed by atoms with Gasteiger partial charge in [-0.05, 0) is 48.3 Å². The lowest BCUT2D eigenvalue weighted by Crippen LogP contribution is -2.45. The molecule has 2 unspecified atom stereocenters. The molecule has 0 spiro atoms. The monoisotopic (exact) mass is 328 g/mol. The first-order valence-electron chi connectivity index (χ1n) is 6.88. The molecule has 1 saturated carbocycles. The number of hydrogen-bond donors (Lipinski definition) is 1. The summed E-state index contributed by atoms with van der Waals surface area (Å²) < 4.78 is 14.6. The van der Waals surface area contributed by atoms with Crippen molar-refractivity contribution in [3.8, 4) is 0 Å². The summed E-state index contributed by atoms with van der Waals surface area (Å²) in [5, 5.41) is 10.8. The van der Waals surface area contributed by atoms with Gasteiger partial charge in [0.05, 0.1) is 5.60 Å². The molecule has 1 aliphatic carbocycles. The Kier molecular flexibility index (Phi) is 4.08. The van der Waals surface area contributed by atoms with Gasteiger partial charge in [-0.25, -0.2) is 4.39 Å². The molecule has 19 heavy (non-hydrogen) atoms. The first-order valence-corrected chi connectivity index (χ1v) is 7.67. The van der Waals surface area contributed by atoms with E-state index in [9.17, 15) is 9.50 Å². The van der Waals surface area contributed by atoms with Crippen molar-refractivity contribution in [2.45, 2.75) is 52.1 Å². The van der Waals surface area contributed by atoms with Gasteiger partial charge >= 0.3 is 0 Å². The summed E-state index contributed by atoms with van der Waals surface area (Å²) in [4.78, 5) is 0. The summed E-state index contributed by atoms with van der Waals surface area (Å²) in [6, 6.07) is 5.07. The van der Waals surface area contributed by atoms with Crippen LogP contribution in [-0.4, -0.2) is 10.7 Å². The van der Waals surface area contributed by atoms with Gasteiger partial charge in [0, 0.05) is 10.9 Å². The molecule has 0 aliphatic heterocycles. The minimum absolute atomic E-state index is 0.194. The summed E-state index contributed by atoms with van der Waals surface area (Å²) in [6.07, 6.45) is 3.13. The van der Waals surface area contributed by atoms with Crippen LogP contribution < -0.4 is 0 Å². The Balaban J connectivity index is 2.18. The fraction of sp³-hybridized carbons (Fsp3) is 0.625. The minimum atomic E-state index is -0.774. The highest BCUT2D eigenvalue weighted by Crippen LogP contribution is 2.45. The van der Waals surface area contributed by atoms with Crippen molar-refractivity contribution in [1.82, 2.24) is 0 Å². The van der Waals surface area contributed by atoms with Gasteiger partial charge in [-0.3, -0.25) is 0 Å². The van der Waals surface area contributed by atoms with Crippen molar-refractivity contribution in [2.75, 3.05) is 0 Å². The van der Waals surface area contributed by atoms with Crippen LogP contribution >= 0.6 is 15.9 Å². The largest absolute Gasteiger partial charge is 0.389 e. The summed E-state index contributed by atoms with van der Waals surface area (Å²) in [5.74, 6) is -0.0425. The molecule has 1 N–H and O–H groups in total. The maximum Gasteiger partial charge on any atom is 0.127 e. The van der Waals surface area contributed by atoms with E-state index in [1.54, 1.807) is 6.07 Å². The fourth-order valence-electron chi connectivity index (χ4n) is 3.18. The molecule has 2 rings (SSSR count). The maximum absolute atomic E-state index is 13.9. The molecule has 1 fully saturated rings. The van der Waals surface area contributed by atoms with Crippen LogP contribution in [0.5, 0.6) is 0 Å². The van der Waals surface area contributed by atoms with Gasteiger partial charge in [0.2, 0.25) is 0 Å². The summed E-state index contributed by atoms with van der Waals surface area (Å²) in [6.45, 7) is 6.56. The Hall–Kier alpha value is -0.410. The molecular formula is C16H22BrFO. The molecule has 0 saturated heterocycles. The number of benzene rings is 1. The second-order valence-corrected chi connectivity index (χ2v) is 7.70. The molecule has 0 bridgehead atoms. The van der Waals surface area contributed by atoms with Crippen LogP contribution in [0.15, 0.2) is 22.7 Å². The molecule has 1 aromatic carbocycles. The molecule has 2 atom stereocenters. The lowest BCUT2D eigenvalue weighted by atomic mass is 9.64. The molecule has 106 valence electrons. The van der Waals surface area contributed by atoms with Gasteiger partial charge in [-0.1, -0.05) is 42.8 Å². The Morgan fingerprint density at radius 1 is 1.37 bits per heavy atom. The topological polar surface area (TPSA) is 20.2 Å². The number of rotatable bonds is 2. The molecular weight excluding hydrogens is 307 g/mol. The van der Waals surface area contributed by atoms with Crippen molar-refractivity contribution in [1.29, 1.82) is 0 Å². The number of hydrogen-bond acceptors (Lipinski definition) is 1. The summed E-state index contributed by atoms with van der Waals surface area (Å²) in [7, 11) is 0. The maximum atomic E-state index is 13.9. The van der Waals surface area contributed by atoms with E-state index in [-0.39, 0.29) is 17.2 Å². The highest BCUT2D eigenvalue weighted by Gasteiger charge is 2.42. The van der Waals surface area contributed by atoms with Crippen molar-refractivity contribution < 1.29 is 9.50 Å². The predicted molar refractivity (Wildman–Crippen MR) is 79.5 cm³/mol.